The van der Waals surface area contributed by atoms with Crippen LogP contribution in [0, 0.1) is 0 Å². The van der Waals surface area contributed by atoms with Gasteiger partial charge in [-0.15, -0.1) is 11.3 Å². The first-order valence-corrected chi connectivity index (χ1v) is 8.70. The lowest BCUT2D eigenvalue weighted by molar-refractivity contribution is -0.128. The van der Waals surface area contributed by atoms with Crippen molar-refractivity contribution in [3.05, 3.63) is 22.4 Å². The highest BCUT2D eigenvalue weighted by Crippen LogP contribution is 2.24. The molecule has 0 aliphatic carbocycles. The van der Waals surface area contributed by atoms with Crippen LogP contribution in [0.3, 0.4) is 0 Å². The average molecular weight is 310 g/mol. The minimum Gasteiger partial charge on any atom is -0.383 e. The summed E-state index contributed by atoms with van der Waals surface area (Å²) in [7, 11) is 0. The predicted octanol–water partition coefficient (Wildman–Crippen LogP) is 2.34. The highest BCUT2D eigenvalue weighted by Gasteiger charge is 2.30. The van der Waals surface area contributed by atoms with E-state index in [0.29, 0.717) is 0 Å². The second kappa shape index (κ2) is 7.38. The van der Waals surface area contributed by atoms with Crippen LogP contribution in [-0.2, 0) is 10.4 Å². The Morgan fingerprint density at radius 3 is 3.05 bits per heavy atom. The molecule has 2 unspecified atom stereocenters. The number of thiophene rings is 1. The highest BCUT2D eigenvalue weighted by atomic mass is 32.1. The third-order valence-corrected chi connectivity index (χ3v) is 5.21. The third-order valence-electron chi connectivity index (χ3n) is 4.09. The summed E-state index contributed by atoms with van der Waals surface area (Å²) in [6, 6.07) is 3.79. The molecular weight excluding hydrogens is 284 g/mol. The molecule has 1 amide bonds. The maximum absolute atomic E-state index is 12.4. The van der Waals surface area contributed by atoms with Gasteiger partial charge in [-0.25, -0.2) is 0 Å². The third kappa shape index (κ3) is 4.28. The minimum absolute atomic E-state index is 0.0298. The second-order valence-corrected chi connectivity index (χ2v) is 6.96. The first-order chi connectivity index (χ1) is 10.0. The van der Waals surface area contributed by atoms with Gasteiger partial charge >= 0.3 is 0 Å². The van der Waals surface area contributed by atoms with Crippen LogP contribution in [0.2, 0.25) is 0 Å². The summed E-state index contributed by atoms with van der Waals surface area (Å²) in [5.74, 6) is 0.0555. The normalized spacial score (nSPS) is 22.7. The van der Waals surface area contributed by atoms with Crippen molar-refractivity contribution in [3.63, 3.8) is 0 Å². The summed E-state index contributed by atoms with van der Waals surface area (Å²) in [6.45, 7) is 6.14. The van der Waals surface area contributed by atoms with E-state index in [0.717, 1.165) is 37.2 Å². The lowest BCUT2D eigenvalue weighted by atomic mass is 10.00. The Morgan fingerprint density at radius 1 is 1.57 bits per heavy atom. The molecule has 1 aromatic rings. The Labute approximate surface area is 131 Å². The van der Waals surface area contributed by atoms with Gasteiger partial charge in [0.1, 0.15) is 5.60 Å². The molecule has 0 aromatic carbocycles. The van der Waals surface area contributed by atoms with Gasteiger partial charge in [-0.2, -0.15) is 0 Å². The Kier molecular flexibility index (Phi) is 5.79. The zero-order chi connectivity index (χ0) is 15.3. The van der Waals surface area contributed by atoms with Gasteiger partial charge in [0, 0.05) is 4.88 Å². The van der Waals surface area contributed by atoms with Gasteiger partial charge in [-0.05, 0) is 50.7 Å². The van der Waals surface area contributed by atoms with Crippen LogP contribution in [0.15, 0.2) is 17.5 Å². The lowest BCUT2D eigenvalue weighted by Gasteiger charge is -2.35. The molecule has 1 aromatic heterocycles. The molecule has 1 saturated heterocycles. The van der Waals surface area contributed by atoms with Crippen LogP contribution in [0.4, 0.5) is 0 Å². The maximum atomic E-state index is 12.4. The number of carbonyl (C=O) groups is 1. The predicted molar refractivity (Wildman–Crippen MR) is 86.4 cm³/mol. The van der Waals surface area contributed by atoms with Crippen molar-refractivity contribution in [2.45, 2.75) is 51.2 Å². The van der Waals surface area contributed by atoms with E-state index in [2.05, 4.69) is 17.1 Å². The number of nitrogens with zero attached hydrogens (tertiary/aromatic N) is 1. The standard InChI is InChI=1S/C16H26N2O2S/c1-3-9-18-10-5-4-7-13(18)15(19)17-12-16(2,20)14-8-6-11-21-14/h6,8,11,13,20H,3-5,7,9-10,12H2,1-2H3,(H,17,19). The molecule has 1 fully saturated rings. The number of rotatable bonds is 6. The molecule has 21 heavy (non-hydrogen) atoms. The van der Waals surface area contributed by atoms with Gasteiger partial charge in [0.05, 0.1) is 12.6 Å². The highest BCUT2D eigenvalue weighted by molar-refractivity contribution is 7.10. The van der Waals surface area contributed by atoms with Gasteiger partial charge in [-0.3, -0.25) is 9.69 Å². The largest absolute Gasteiger partial charge is 0.383 e. The summed E-state index contributed by atoms with van der Waals surface area (Å²) in [6.07, 6.45) is 4.28. The van der Waals surface area contributed by atoms with Gasteiger partial charge in [-0.1, -0.05) is 19.4 Å². The van der Waals surface area contributed by atoms with Crippen molar-refractivity contribution in [1.82, 2.24) is 10.2 Å². The van der Waals surface area contributed by atoms with Gasteiger partial charge in [0.25, 0.3) is 0 Å². The van der Waals surface area contributed by atoms with E-state index >= 15 is 0 Å². The van der Waals surface area contributed by atoms with Gasteiger partial charge < -0.3 is 10.4 Å². The summed E-state index contributed by atoms with van der Waals surface area (Å²) in [5, 5.41) is 15.4. The van der Waals surface area contributed by atoms with Crippen molar-refractivity contribution >= 4 is 17.2 Å². The molecule has 2 heterocycles. The molecule has 0 bridgehead atoms. The topological polar surface area (TPSA) is 52.6 Å². The number of aliphatic hydroxyl groups is 1. The number of hydrogen-bond donors (Lipinski definition) is 2. The van der Waals surface area contributed by atoms with Crippen LogP contribution < -0.4 is 5.32 Å². The molecule has 1 aliphatic rings. The summed E-state index contributed by atoms with van der Waals surface area (Å²) >= 11 is 1.51. The first kappa shape index (κ1) is 16.5. The fourth-order valence-electron chi connectivity index (χ4n) is 2.89. The number of hydrogen-bond acceptors (Lipinski definition) is 4. The summed E-state index contributed by atoms with van der Waals surface area (Å²) < 4.78 is 0. The molecule has 2 rings (SSSR count). The molecule has 5 heteroatoms. The molecule has 118 valence electrons. The Balaban J connectivity index is 1.91. The molecule has 2 atom stereocenters. The van der Waals surface area contributed by atoms with Crippen LogP contribution in [0.1, 0.15) is 44.4 Å². The van der Waals surface area contributed by atoms with Gasteiger partial charge in [0.2, 0.25) is 5.91 Å². The number of likely N-dealkylation sites (tertiary alicyclic amines) is 1. The number of carbonyl (C=O) groups excluding carboxylic acids is 1. The van der Waals surface area contributed by atoms with E-state index in [-0.39, 0.29) is 18.5 Å². The summed E-state index contributed by atoms with van der Waals surface area (Å²) in [5.41, 5.74) is -0.992. The van der Waals surface area contributed by atoms with E-state index in [1.807, 2.05) is 17.5 Å². The number of piperidine rings is 1. The lowest BCUT2D eigenvalue weighted by Crippen LogP contribution is -2.51. The summed E-state index contributed by atoms with van der Waals surface area (Å²) in [4.78, 5) is 15.6. The Morgan fingerprint density at radius 2 is 2.38 bits per heavy atom. The van der Waals surface area contributed by atoms with Crippen LogP contribution in [0.5, 0.6) is 0 Å². The fourth-order valence-corrected chi connectivity index (χ4v) is 3.68. The van der Waals surface area contributed by atoms with Crippen LogP contribution >= 0.6 is 11.3 Å². The van der Waals surface area contributed by atoms with Crippen molar-refractivity contribution in [1.29, 1.82) is 0 Å². The fraction of sp³-hybridized carbons (Fsp3) is 0.688. The van der Waals surface area contributed by atoms with Crippen molar-refractivity contribution in [2.75, 3.05) is 19.6 Å². The number of amides is 1. The monoisotopic (exact) mass is 310 g/mol. The molecule has 4 nitrogen and oxygen atoms in total. The zero-order valence-corrected chi connectivity index (χ0v) is 13.8. The average Bonchev–Trinajstić information content (AvgIpc) is 3.01. The smallest absolute Gasteiger partial charge is 0.237 e. The molecular formula is C16H26N2O2S. The first-order valence-electron chi connectivity index (χ1n) is 7.82. The van der Waals surface area contributed by atoms with E-state index in [4.69, 9.17) is 0 Å². The van der Waals surface area contributed by atoms with E-state index in [9.17, 15) is 9.90 Å². The molecule has 0 radical (unpaired) electrons. The maximum Gasteiger partial charge on any atom is 0.237 e. The number of nitrogens with one attached hydrogen (secondary N) is 1. The van der Waals surface area contributed by atoms with Crippen molar-refractivity contribution in [3.8, 4) is 0 Å². The van der Waals surface area contributed by atoms with E-state index in [1.54, 1.807) is 6.92 Å². The quantitative estimate of drug-likeness (QED) is 0.848. The minimum atomic E-state index is -0.992. The second-order valence-electron chi connectivity index (χ2n) is 6.02. The Bertz CT molecular complexity index is 443. The molecule has 1 aliphatic heterocycles. The zero-order valence-electron chi connectivity index (χ0n) is 13.0. The van der Waals surface area contributed by atoms with Crippen LogP contribution in [0.25, 0.3) is 0 Å². The van der Waals surface area contributed by atoms with Crippen LogP contribution in [-0.4, -0.2) is 41.6 Å². The molecule has 0 saturated carbocycles. The van der Waals surface area contributed by atoms with Gasteiger partial charge in [0.15, 0.2) is 0 Å². The SMILES string of the molecule is CCCN1CCCCC1C(=O)NCC(C)(O)c1cccs1. The Hall–Kier alpha value is -0.910. The van der Waals surface area contributed by atoms with Crippen molar-refractivity contribution < 1.29 is 9.90 Å². The van der Waals surface area contributed by atoms with E-state index < -0.39 is 5.60 Å². The molecule has 2 N–H and O–H groups in total. The molecule has 0 spiro atoms. The van der Waals surface area contributed by atoms with Crippen molar-refractivity contribution in [2.24, 2.45) is 0 Å². The van der Waals surface area contributed by atoms with E-state index in [1.165, 1.54) is 17.8 Å².